The molecule has 0 amide bonds. The van der Waals surface area contributed by atoms with E-state index in [1.807, 2.05) is 30.5 Å². The van der Waals surface area contributed by atoms with Gasteiger partial charge >= 0.3 is 0 Å². The normalized spacial score (nSPS) is 10.6. The van der Waals surface area contributed by atoms with E-state index in [1.165, 1.54) is 10.9 Å². The fourth-order valence-electron chi connectivity index (χ4n) is 2.38. The number of nitrogens with one attached hydrogen (secondary N) is 1. The van der Waals surface area contributed by atoms with Crippen molar-refractivity contribution in [3.8, 4) is 6.07 Å². The predicted molar refractivity (Wildman–Crippen MR) is 77.4 cm³/mol. The van der Waals surface area contributed by atoms with E-state index in [0.717, 1.165) is 11.9 Å². The van der Waals surface area contributed by atoms with Crippen molar-refractivity contribution in [2.24, 2.45) is 0 Å². The lowest BCUT2D eigenvalue weighted by atomic mass is 10.1. The molecule has 2 heterocycles. The topological polar surface area (TPSA) is 61.6 Å². The van der Waals surface area contributed by atoms with Gasteiger partial charge in [-0.25, -0.2) is 0 Å². The first-order valence-corrected chi connectivity index (χ1v) is 6.44. The summed E-state index contributed by atoms with van der Waals surface area (Å²) in [6, 6.07) is 13.3. The Morgan fingerprint density at radius 3 is 2.90 bits per heavy atom. The molecular weight excluding hydrogens is 250 g/mol. The van der Waals surface area contributed by atoms with E-state index < -0.39 is 0 Å². The van der Waals surface area contributed by atoms with Crippen LogP contribution in [0.4, 0.5) is 0 Å². The zero-order chi connectivity index (χ0) is 13.9. The summed E-state index contributed by atoms with van der Waals surface area (Å²) in [7, 11) is 0. The highest BCUT2D eigenvalue weighted by atomic mass is 16.1. The summed E-state index contributed by atoms with van der Waals surface area (Å²) in [6.07, 6.45) is 4.45. The number of hydrogen-bond donors (Lipinski definition) is 1. The number of benzene rings is 1. The Morgan fingerprint density at radius 2 is 2.05 bits per heavy atom. The van der Waals surface area contributed by atoms with Crippen molar-refractivity contribution in [2.75, 3.05) is 0 Å². The lowest BCUT2D eigenvalue weighted by Crippen LogP contribution is -2.22. The molecule has 1 N–H and O–H groups in total. The summed E-state index contributed by atoms with van der Waals surface area (Å²) in [5, 5.41) is 10.0. The molecule has 0 aliphatic rings. The number of aromatic amines is 1. The molecule has 0 fully saturated rings. The van der Waals surface area contributed by atoms with Crippen molar-refractivity contribution >= 4 is 10.9 Å². The average molecular weight is 263 g/mol. The minimum Gasteiger partial charge on any atom is -0.361 e. The van der Waals surface area contributed by atoms with Gasteiger partial charge in [0.1, 0.15) is 11.6 Å². The predicted octanol–water partition coefficient (Wildman–Crippen LogP) is 2.44. The number of nitrogens with zero attached hydrogens (tertiary/aromatic N) is 2. The molecule has 4 heteroatoms. The van der Waals surface area contributed by atoms with Crippen molar-refractivity contribution in [3.63, 3.8) is 0 Å². The number of para-hydroxylation sites is 1. The summed E-state index contributed by atoms with van der Waals surface area (Å²) >= 11 is 0. The van der Waals surface area contributed by atoms with E-state index in [4.69, 9.17) is 5.26 Å². The van der Waals surface area contributed by atoms with E-state index in [1.54, 1.807) is 22.9 Å². The molecule has 0 aliphatic carbocycles. The monoisotopic (exact) mass is 263 g/mol. The molecule has 2 aromatic heterocycles. The van der Waals surface area contributed by atoms with Crippen LogP contribution in [-0.2, 0) is 13.0 Å². The van der Waals surface area contributed by atoms with Crippen LogP contribution in [0.3, 0.4) is 0 Å². The van der Waals surface area contributed by atoms with Crippen LogP contribution >= 0.6 is 0 Å². The zero-order valence-electron chi connectivity index (χ0n) is 10.8. The van der Waals surface area contributed by atoms with Gasteiger partial charge in [-0.15, -0.1) is 0 Å². The lowest BCUT2D eigenvalue weighted by molar-refractivity contribution is 0.670. The SMILES string of the molecule is N#Cc1cccn(CCc2c[nH]c3ccccc23)c1=O. The second kappa shape index (κ2) is 5.06. The van der Waals surface area contributed by atoms with Gasteiger partial charge in [0.2, 0.25) is 0 Å². The smallest absolute Gasteiger partial charge is 0.268 e. The molecule has 0 bridgehead atoms. The number of rotatable bonds is 3. The first-order valence-electron chi connectivity index (χ1n) is 6.44. The zero-order valence-corrected chi connectivity index (χ0v) is 10.8. The molecule has 20 heavy (non-hydrogen) atoms. The summed E-state index contributed by atoms with van der Waals surface area (Å²) in [5.74, 6) is 0. The maximum Gasteiger partial charge on any atom is 0.268 e. The number of aryl methyl sites for hydroxylation is 2. The Hall–Kier alpha value is -2.80. The van der Waals surface area contributed by atoms with Crippen LogP contribution in [0, 0.1) is 11.3 Å². The Bertz CT molecular complexity index is 852. The Morgan fingerprint density at radius 1 is 1.20 bits per heavy atom. The number of hydrogen-bond acceptors (Lipinski definition) is 2. The van der Waals surface area contributed by atoms with Crippen molar-refractivity contribution < 1.29 is 0 Å². The lowest BCUT2D eigenvalue weighted by Gasteiger charge is -2.05. The fourth-order valence-corrected chi connectivity index (χ4v) is 2.38. The minimum absolute atomic E-state index is 0.187. The molecule has 98 valence electrons. The molecule has 1 aromatic carbocycles. The maximum atomic E-state index is 12.0. The first-order chi connectivity index (χ1) is 9.79. The van der Waals surface area contributed by atoms with E-state index in [0.29, 0.717) is 6.54 Å². The molecule has 0 saturated heterocycles. The van der Waals surface area contributed by atoms with Crippen LogP contribution in [0.25, 0.3) is 10.9 Å². The summed E-state index contributed by atoms with van der Waals surface area (Å²) in [6.45, 7) is 0.566. The molecule has 4 nitrogen and oxygen atoms in total. The Balaban J connectivity index is 1.87. The second-order valence-electron chi connectivity index (χ2n) is 4.64. The van der Waals surface area contributed by atoms with E-state index in [9.17, 15) is 4.79 Å². The highest BCUT2D eigenvalue weighted by Crippen LogP contribution is 2.18. The van der Waals surface area contributed by atoms with Gasteiger partial charge in [-0.1, -0.05) is 18.2 Å². The third-order valence-corrected chi connectivity index (χ3v) is 3.44. The van der Waals surface area contributed by atoms with Gasteiger partial charge in [0.25, 0.3) is 5.56 Å². The highest BCUT2D eigenvalue weighted by molar-refractivity contribution is 5.82. The van der Waals surface area contributed by atoms with Crippen LogP contribution in [-0.4, -0.2) is 9.55 Å². The number of fused-ring (bicyclic) bond motifs is 1. The second-order valence-corrected chi connectivity index (χ2v) is 4.64. The molecule has 0 aliphatic heterocycles. The van der Waals surface area contributed by atoms with Crippen molar-refractivity contribution in [2.45, 2.75) is 13.0 Å². The van der Waals surface area contributed by atoms with Crippen LogP contribution in [0.1, 0.15) is 11.1 Å². The highest BCUT2D eigenvalue weighted by Gasteiger charge is 2.05. The van der Waals surface area contributed by atoms with Gasteiger partial charge < -0.3 is 9.55 Å². The van der Waals surface area contributed by atoms with Crippen LogP contribution in [0.2, 0.25) is 0 Å². The van der Waals surface area contributed by atoms with Gasteiger partial charge in [0.15, 0.2) is 0 Å². The third kappa shape index (κ3) is 2.10. The van der Waals surface area contributed by atoms with Gasteiger partial charge in [-0.05, 0) is 30.2 Å². The summed E-state index contributed by atoms with van der Waals surface area (Å²) < 4.78 is 1.58. The number of pyridine rings is 1. The van der Waals surface area contributed by atoms with Crippen molar-refractivity contribution in [3.05, 3.63) is 70.3 Å². The molecule has 0 unspecified atom stereocenters. The number of aromatic nitrogens is 2. The molecular formula is C16H13N3O. The average Bonchev–Trinajstić information content (AvgIpc) is 2.89. The van der Waals surface area contributed by atoms with Gasteiger partial charge in [-0.3, -0.25) is 4.79 Å². The van der Waals surface area contributed by atoms with E-state index in [-0.39, 0.29) is 11.1 Å². The van der Waals surface area contributed by atoms with Gasteiger partial charge in [-0.2, -0.15) is 5.26 Å². The minimum atomic E-state index is -0.227. The van der Waals surface area contributed by atoms with Gasteiger partial charge in [0.05, 0.1) is 0 Å². The molecule has 0 spiro atoms. The summed E-state index contributed by atoms with van der Waals surface area (Å²) in [5.41, 5.74) is 2.23. The van der Waals surface area contributed by atoms with Gasteiger partial charge in [0, 0.05) is 29.8 Å². The molecule has 0 atom stereocenters. The molecule has 3 aromatic rings. The Kier molecular flexibility index (Phi) is 3.10. The molecule has 3 rings (SSSR count). The third-order valence-electron chi connectivity index (χ3n) is 3.44. The first kappa shape index (κ1) is 12.2. The molecule has 0 saturated carbocycles. The fraction of sp³-hybridized carbons (Fsp3) is 0.125. The van der Waals surface area contributed by atoms with Crippen LogP contribution in [0.15, 0.2) is 53.6 Å². The molecule has 0 radical (unpaired) electrons. The summed E-state index contributed by atoms with van der Waals surface area (Å²) in [4.78, 5) is 15.2. The number of nitriles is 1. The van der Waals surface area contributed by atoms with E-state index in [2.05, 4.69) is 11.1 Å². The Labute approximate surface area is 115 Å². The quantitative estimate of drug-likeness (QED) is 0.789. The largest absolute Gasteiger partial charge is 0.361 e. The number of H-pyrrole nitrogens is 1. The van der Waals surface area contributed by atoms with Crippen molar-refractivity contribution in [1.82, 2.24) is 9.55 Å². The standard InChI is InChI=1S/C16H13N3O/c17-10-12-4-3-8-19(16(12)20)9-7-13-11-18-15-6-2-1-5-14(13)15/h1-6,8,11,18H,7,9H2. The van der Waals surface area contributed by atoms with Crippen LogP contribution < -0.4 is 5.56 Å². The van der Waals surface area contributed by atoms with Crippen LogP contribution in [0.5, 0.6) is 0 Å². The van der Waals surface area contributed by atoms with E-state index >= 15 is 0 Å². The van der Waals surface area contributed by atoms with Crippen molar-refractivity contribution in [1.29, 1.82) is 5.26 Å². The maximum absolute atomic E-state index is 12.0.